The summed E-state index contributed by atoms with van der Waals surface area (Å²) in [6.45, 7) is 0. The zero-order valence-corrected chi connectivity index (χ0v) is 22.3. The molecular formula is C38H20N2O2. The topological polar surface area (TPSA) is 73.9 Å². The summed E-state index contributed by atoms with van der Waals surface area (Å²) in [7, 11) is 0. The molecular weight excluding hydrogens is 516 g/mol. The molecule has 0 aliphatic rings. The molecule has 0 amide bonds. The highest BCUT2D eigenvalue weighted by Crippen LogP contribution is 2.44. The lowest BCUT2D eigenvalue weighted by Gasteiger charge is -2.17. The molecule has 0 fully saturated rings. The third-order valence-corrected chi connectivity index (χ3v) is 8.00. The van der Waals surface area contributed by atoms with E-state index in [1.165, 1.54) is 0 Å². The van der Waals surface area contributed by atoms with Gasteiger partial charge in [0.25, 0.3) is 0 Å². The van der Waals surface area contributed by atoms with Crippen LogP contribution in [0.2, 0.25) is 0 Å². The van der Waals surface area contributed by atoms with Crippen molar-refractivity contribution in [3.63, 3.8) is 0 Å². The van der Waals surface area contributed by atoms with Crippen molar-refractivity contribution < 1.29 is 8.83 Å². The van der Waals surface area contributed by atoms with Crippen molar-refractivity contribution in [3.05, 3.63) is 132 Å². The number of hydrogen-bond donors (Lipinski definition) is 0. The van der Waals surface area contributed by atoms with Gasteiger partial charge in [-0.2, -0.15) is 10.5 Å². The Morgan fingerprint density at radius 2 is 1.05 bits per heavy atom. The molecule has 4 heteroatoms. The number of benzene rings is 6. The number of hydrogen-bond acceptors (Lipinski definition) is 4. The van der Waals surface area contributed by atoms with Crippen LogP contribution in [0.15, 0.2) is 130 Å². The lowest BCUT2D eigenvalue weighted by molar-refractivity contribution is 0.669. The first-order chi connectivity index (χ1) is 20.7. The highest BCUT2D eigenvalue weighted by Gasteiger charge is 2.24. The quantitative estimate of drug-likeness (QED) is 0.225. The average molecular weight is 537 g/mol. The van der Waals surface area contributed by atoms with Crippen LogP contribution in [0.4, 0.5) is 0 Å². The van der Waals surface area contributed by atoms with Gasteiger partial charge in [-0.05, 0) is 41.5 Å². The van der Waals surface area contributed by atoms with Crippen LogP contribution in [0.1, 0.15) is 11.1 Å². The number of furan rings is 2. The second-order valence-electron chi connectivity index (χ2n) is 10.3. The van der Waals surface area contributed by atoms with Gasteiger partial charge in [0, 0.05) is 43.8 Å². The van der Waals surface area contributed by atoms with E-state index in [0.29, 0.717) is 33.4 Å². The summed E-state index contributed by atoms with van der Waals surface area (Å²) < 4.78 is 12.6. The largest absolute Gasteiger partial charge is 0.456 e. The molecule has 0 saturated carbocycles. The number of para-hydroxylation sites is 3. The molecule has 0 spiro atoms. The number of nitriles is 2. The van der Waals surface area contributed by atoms with Gasteiger partial charge in [-0.25, -0.2) is 0 Å². The van der Waals surface area contributed by atoms with E-state index >= 15 is 0 Å². The Kier molecular flexibility index (Phi) is 5.22. The predicted molar refractivity (Wildman–Crippen MR) is 167 cm³/mol. The smallest absolute Gasteiger partial charge is 0.143 e. The molecule has 0 atom stereocenters. The van der Waals surface area contributed by atoms with E-state index in [-0.39, 0.29) is 0 Å². The van der Waals surface area contributed by atoms with Crippen LogP contribution >= 0.6 is 0 Å². The molecule has 0 N–H and O–H groups in total. The van der Waals surface area contributed by atoms with Crippen molar-refractivity contribution in [1.82, 2.24) is 0 Å². The zero-order valence-electron chi connectivity index (χ0n) is 22.3. The Labute approximate surface area is 240 Å². The van der Waals surface area contributed by atoms with Gasteiger partial charge in [0.1, 0.15) is 34.5 Å². The van der Waals surface area contributed by atoms with Gasteiger partial charge in [0.05, 0.1) is 11.1 Å². The van der Waals surface area contributed by atoms with Gasteiger partial charge in [-0.15, -0.1) is 0 Å². The maximum absolute atomic E-state index is 10.7. The van der Waals surface area contributed by atoms with E-state index in [4.69, 9.17) is 8.83 Å². The molecule has 0 radical (unpaired) electrons. The molecule has 0 bridgehead atoms. The third kappa shape index (κ3) is 3.47. The number of rotatable bonds is 3. The van der Waals surface area contributed by atoms with Gasteiger partial charge in [0.15, 0.2) is 0 Å². The monoisotopic (exact) mass is 536 g/mol. The van der Waals surface area contributed by atoms with E-state index in [0.717, 1.165) is 55.0 Å². The lowest BCUT2D eigenvalue weighted by atomic mass is 9.83. The third-order valence-electron chi connectivity index (χ3n) is 8.00. The van der Waals surface area contributed by atoms with Crippen molar-refractivity contribution in [3.8, 4) is 45.5 Å². The minimum Gasteiger partial charge on any atom is -0.456 e. The van der Waals surface area contributed by atoms with Crippen LogP contribution in [0.5, 0.6) is 0 Å². The van der Waals surface area contributed by atoms with E-state index in [9.17, 15) is 10.5 Å². The highest BCUT2D eigenvalue weighted by molar-refractivity contribution is 6.11. The number of nitrogens with zero attached hydrogens (tertiary/aromatic N) is 2. The molecule has 194 valence electrons. The van der Waals surface area contributed by atoms with Crippen LogP contribution < -0.4 is 0 Å². The summed E-state index contributed by atoms with van der Waals surface area (Å²) >= 11 is 0. The summed E-state index contributed by atoms with van der Waals surface area (Å²) in [4.78, 5) is 0. The normalized spacial score (nSPS) is 11.3. The molecule has 0 saturated heterocycles. The SMILES string of the molecule is N#Cc1c(-c2ccccc2)cc(-c2cccc3c2oc2ccccc23)c(C#N)c1-c1ccc2c(c1)oc1ccccc12. The summed E-state index contributed by atoms with van der Waals surface area (Å²) in [6, 6.07) is 44.5. The molecule has 8 rings (SSSR count). The summed E-state index contributed by atoms with van der Waals surface area (Å²) in [6.07, 6.45) is 0. The number of fused-ring (bicyclic) bond motifs is 6. The second kappa shape index (κ2) is 9.24. The Balaban J connectivity index is 1.49. The van der Waals surface area contributed by atoms with Crippen molar-refractivity contribution in [1.29, 1.82) is 10.5 Å². The fourth-order valence-electron chi connectivity index (χ4n) is 6.10. The first-order valence-electron chi connectivity index (χ1n) is 13.6. The van der Waals surface area contributed by atoms with Crippen LogP contribution in [0.25, 0.3) is 77.3 Å². The summed E-state index contributed by atoms with van der Waals surface area (Å²) in [5, 5.41) is 25.3. The van der Waals surface area contributed by atoms with Crippen molar-refractivity contribution in [2.75, 3.05) is 0 Å². The molecule has 0 aliphatic carbocycles. The van der Waals surface area contributed by atoms with Gasteiger partial charge in [-0.1, -0.05) is 91.0 Å². The zero-order chi connectivity index (χ0) is 28.2. The average Bonchev–Trinajstić information content (AvgIpc) is 3.62. The fraction of sp³-hybridized carbons (Fsp3) is 0. The van der Waals surface area contributed by atoms with Crippen LogP contribution in [0, 0.1) is 22.7 Å². The molecule has 4 nitrogen and oxygen atoms in total. The molecule has 0 aliphatic heterocycles. The minimum atomic E-state index is 0.412. The first-order valence-corrected chi connectivity index (χ1v) is 13.6. The Bertz CT molecular complexity index is 2430. The molecule has 2 aromatic heterocycles. The van der Waals surface area contributed by atoms with Crippen LogP contribution in [-0.2, 0) is 0 Å². The summed E-state index contributed by atoms with van der Waals surface area (Å²) in [5.74, 6) is 0. The molecule has 6 aromatic carbocycles. The van der Waals surface area contributed by atoms with E-state index in [1.807, 2.05) is 121 Å². The standard InChI is InChI=1S/C38H20N2O2/c39-21-32-30(23-9-2-1-3-10-23)20-31(29-14-8-13-28-26-12-5-7-16-35(26)42-38(28)29)33(22-40)37(32)24-17-18-27-25-11-4-6-15-34(25)41-36(27)19-24/h1-20H. The molecule has 42 heavy (non-hydrogen) atoms. The van der Waals surface area contributed by atoms with Gasteiger partial charge in [0.2, 0.25) is 0 Å². The molecule has 0 unspecified atom stereocenters. The van der Waals surface area contributed by atoms with Crippen LogP contribution in [-0.4, -0.2) is 0 Å². The van der Waals surface area contributed by atoms with E-state index in [2.05, 4.69) is 12.1 Å². The second-order valence-corrected chi connectivity index (χ2v) is 10.3. The molecule has 2 heterocycles. The fourth-order valence-corrected chi connectivity index (χ4v) is 6.10. The van der Waals surface area contributed by atoms with E-state index < -0.39 is 0 Å². The minimum absolute atomic E-state index is 0.412. The predicted octanol–water partition coefficient (Wildman–Crippen LogP) is 10.2. The van der Waals surface area contributed by atoms with E-state index in [1.54, 1.807) is 0 Å². The lowest BCUT2D eigenvalue weighted by Crippen LogP contribution is -1.98. The Morgan fingerprint density at radius 1 is 0.429 bits per heavy atom. The maximum Gasteiger partial charge on any atom is 0.143 e. The van der Waals surface area contributed by atoms with Crippen molar-refractivity contribution in [2.45, 2.75) is 0 Å². The van der Waals surface area contributed by atoms with Gasteiger partial charge in [-0.3, -0.25) is 0 Å². The summed E-state index contributed by atoms with van der Waals surface area (Å²) in [5.41, 5.74) is 8.30. The van der Waals surface area contributed by atoms with Crippen LogP contribution in [0.3, 0.4) is 0 Å². The highest BCUT2D eigenvalue weighted by atomic mass is 16.3. The maximum atomic E-state index is 10.7. The van der Waals surface area contributed by atoms with Gasteiger partial charge < -0.3 is 8.83 Å². The molecule has 8 aromatic rings. The van der Waals surface area contributed by atoms with Gasteiger partial charge >= 0.3 is 0 Å². The Hall–Kier alpha value is -6.10. The first kappa shape index (κ1) is 23.8. The Morgan fingerprint density at radius 3 is 1.81 bits per heavy atom. The van der Waals surface area contributed by atoms with Crippen molar-refractivity contribution in [2.24, 2.45) is 0 Å². The van der Waals surface area contributed by atoms with Crippen molar-refractivity contribution >= 4 is 43.9 Å².